The van der Waals surface area contributed by atoms with Crippen molar-refractivity contribution in [3.05, 3.63) is 0 Å². The van der Waals surface area contributed by atoms with Gasteiger partial charge in [0.1, 0.15) is 5.60 Å². The van der Waals surface area contributed by atoms with E-state index in [1.165, 1.54) is 0 Å². The number of rotatable bonds is 1. The van der Waals surface area contributed by atoms with E-state index in [1.54, 1.807) is 0 Å². The number of ketones is 1. The van der Waals surface area contributed by atoms with Crippen LogP contribution in [0.5, 0.6) is 0 Å². The molecule has 70 valence electrons. The standard InChI is InChI=1S/C10H18O2/c1-7(2)10(12)5-4-8(3)6-9(10)11/h7-8,12H,4-6H2,1-3H3/t8-,10+/m0/s1. The Morgan fingerprint density at radius 1 is 1.58 bits per heavy atom. The van der Waals surface area contributed by atoms with E-state index in [4.69, 9.17) is 0 Å². The first-order valence-electron chi connectivity index (χ1n) is 4.72. The van der Waals surface area contributed by atoms with Gasteiger partial charge in [-0.1, -0.05) is 20.8 Å². The van der Waals surface area contributed by atoms with Gasteiger partial charge in [0.15, 0.2) is 5.78 Å². The topological polar surface area (TPSA) is 37.3 Å². The molecule has 1 saturated carbocycles. The highest BCUT2D eigenvalue weighted by molar-refractivity contribution is 5.88. The lowest BCUT2D eigenvalue weighted by Gasteiger charge is -2.36. The molecule has 2 nitrogen and oxygen atoms in total. The van der Waals surface area contributed by atoms with Crippen LogP contribution in [0.1, 0.15) is 40.0 Å². The number of Topliss-reactive ketones (excluding diaryl/α,β-unsaturated/α-hetero) is 1. The Balaban J connectivity index is 2.73. The van der Waals surface area contributed by atoms with Crippen LogP contribution in [-0.4, -0.2) is 16.5 Å². The molecule has 0 heterocycles. The van der Waals surface area contributed by atoms with E-state index in [2.05, 4.69) is 6.92 Å². The maximum absolute atomic E-state index is 11.5. The summed E-state index contributed by atoms with van der Waals surface area (Å²) in [4.78, 5) is 11.5. The molecule has 0 aliphatic heterocycles. The zero-order valence-corrected chi connectivity index (χ0v) is 8.13. The molecule has 0 aromatic carbocycles. The lowest BCUT2D eigenvalue weighted by atomic mass is 9.73. The van der Waals surface area contributed by atoms with E-state index in [0.29, 0.717) is 18.8 Å². The minimum Gasteiger partial charge on any atom is -0.382 e. The third-order valence-electron chi connectivity index (χ3n) is 2.99. The van der Waals surface area contributed by atoms with Gasteiger partial charge in [-0.3, -0.25) is 4.79 Å². The second-order valence-electron chi connectivity index (χ2n) is 4.35. The quantitative estimate of drug-likeness (QED) is 0.651. The van der Waals surface area contributed by atoms with E-state index in [-0.39, 0.29) is 11.7 Å². The fourth-order valence-electron chi connectivity index (χ4n) is 1.81. The molecular formula is C10H18O2. The van der Waals surface area contributed by atoms with Crippen LogP contribution in [-0.2, 0) is 4.79 Å². The van der Waals surface area contributed by atoms with Crippen LogP contribution in [0.15, 0.2) is 0 Å². The molecule has 1 rings (SSSR count). The molecule has 0 amide bonds. The van der Waals surface area contributed by atoms with E-state index >= 15 is 0 Å². The predicted molar refractivity (Wildman–Crippen MR) is 47.8 cm³/mol. The number of aliphatic hydroxyl groups is 1. The summed E-state index contributed by atoms with van der Waals surface area (Å²) in [5.41, 5.74) is -1.02. The maximum atomic E-state index is 11.5. The Bertz CT molecular complexity index is 186. The van der Waals surface area contributed by atoms with E-state index < -0.39 is 5.60 Å². The first-order valence-corrected chi connectivity index (χ1v) is 4.72. The molecule has 0 spiro atoms. The van der Waals surface area contributed by atoms with Crippen molar-refractivity contribution in [3.63, 3.8) is 0 Å². The molecule has 2 heteroatoms. The minimum absolute atomic E-state index is 0.0382. The van der Waals surface area contributed by atoms with Gasteiger partial charge in [-0.2, -0.15) is 0 Å². The Labute approximate surface area is 74.0 Å². The first kappa shape index (κ1) is 9.72. The predicted octanol–water partition coefficient (Wildman–Crippen LogP) is 1.76. The van der Waals surface area contributed by atoms with Gasteiger partial charge < -0.3 is 5.11 Å². The van der Waals surface area contributed by atoms with E-state index in [0.717, 1.165) is 6.42 Å². The Morgan fingerprint density at radius 2 is 2.17 bits per heavy atom. The molecule has 0 unspecified atom stereocenters. The fraction of sp³-hybridized carbons (Fsp3) is 0.900. The average molecular weight is 170 g/mol. The van der Waals surface area contributed by atoms with Gasteiger partial charge in [-0.25, -0.2) is 0 Å². The summed E-state index contributed by atoms with van der Waals surface area (Å²) in [5, 5.41) is 9.99. The van der Waals surface area contributed by atoms with Gasteiger partial charge in [0.2, 0.25) is 0 Å². The summed E-state index contributed by atoms with van der Waals surface area (Å²) >= 11 is 0. The van der Waals surface area contributed by atoms with Crippen LogP contribution < -0.4 is 0 Å². The van der Waals surface area contributed by atoms with Gasteiger partial charge in [-0.15, -0.1) is 0 Å². The summed E-state index contributed by atoms with van der Waals surface area (Å²) in [5.74, 6) is 0.547. The highest BCUT2D eigenvalue weighted by Gasteiger charge is 2.42. The van der Waals surface area contributed by atoms with Gasteiger partial charge in [-0.05, 0) is 24.7 Å². The second-order valence-corrected chi connectivity index (χ2v) is 4.35. The molecule has 0 bridgehead atoms. The summed E-state index contributed by atoms with van der Waals surface area (Å²) in [6.45, 7) is 5.89. The van der Waals surface area contributed by atoms with Crippen molar-refractivity contribution in [1.82, 2.24) is 0 Å². The molecule has 1 aliphatic rings. The van der Waals surface area contributed by atoms with Crippen molar-refractivity contribution < 1.29 is 9.90 Å². The van der Waals surface area contributed by atoms with Crippen molar-refractivity contribution in [2.24, 2.45) is 11.8 Å². The molecule has 12 heavy (non-hydrogen) atoms. The van der Waals surface area contributed by atoms with Crippen molar-refractivity contribution >= 4 is 5.78 Å². The van der Waals surface area contributed by atoms with E-state index in [9.17, 15) is 9.90 Å². The largest absolute Gasteiger partial charge is 0.382 e. The molecule has 0 aromatic heterocycles. The number of hydrogen-bond acceptors (Lipinski definition) is 2. The van der Waals surface area contributed by atoms with Crippen LogP contribution in [0.4, 0.5) is 0 Å². The Hall–Kier alpha value is -0.370. The molecule has 2 atom stereocenters. The normalized spacial score (nSPS) is 37.4. The van der Waals surface area contributed by atoms with Crippen molar-refractivity contribution in [2.75, 3.05) is 0 Å². The number of carbonyl (C=O) groups excluding carboxylic acids is 1. The van der Waals surface area contributed by atoms with Crippen LogP contribution in [0.3, 0.4) is 0 Å². The molecule has 0 saturated heterocycles. The Kier molecular flexibility index (Phi) is 2.57. The molecule has 0 aromatic rings. The van der Waals surface area contributed by atoms with Crippen molar-refractivity contribution in [1.29, 1.82) is 0 Å². The zero-order chi connectivity index (χ0) is 9.35. The van der Waals surface area contributed by atoms with Crippen molar-refractivity contribution in [3.8, 4) is 0 Å². The average Bonchev–Trinajstić information content (AvgIpc) is 1.97. The molecule has 1 aliphatic carbocycles. The maximum Gasteiger partial charge on any atom is 0.164 e. The molecule has 0 radical (unpaired) electrons. The Morgan fingerprint density at radius 3 is 2.58 bits per heavy atom. The van der Waals surface area contributed by atoms with Crippen LogP contribution >= 0.6 is 0 Å². The summed E-state index contributed by atoms with van der Waals surface area (Å²) in [7, 11) is 0. The molecule has 1 fully saturated rings. The zero-order valence-electron chi connectivity index (χ0n) is 8.13. The number of hydrogen-bond donors (Lipinski definition) is 1. The summed E-state index contributed by atoms with van der Waals surface area (Å²) < 4.78 is 0. The lowest BCUT2D eigenvalue weighted by Crippen LogP contribution is -2.47. The third kappa shape index (κ3) is 1.53. The fourth-order valence-corrected chi connectivity index (χ4v) is 1.81. The highest BCUT2D eigenvalue weighted by atomic mass is 16.3. The van der Waals surface area contributed by atoms with Gasteiger partial charge in [0.25, 0.3) is 0 Å². The second kappa shape index (κ2) is 3.17. The minimum atomic E-state index is -1.02. The first-order chi connectivity index (χ1) is 5.47. The smallest absolute Gasteiger partial charge is 0.164 e. The van der Waals surface area contributed by atoms with Crippen LogP contribution in [0, 0.1) is 11.8 Å². The van der Waals surface area contributed by atoms with Gasteiger partial charge in [0, 0.05) is 6.42 Å². The van der Waals surface area contributed by atoms with Crippen LogP contribution in [0.25, 0.3) is 0 Å². The highest BCUT2D eigenvalue weighted by Crippen LogP contribution is 2.33. The van der Waals surface area contributed by atoms with Crippen molar-refractivity contribution in [2.45, 2.75) is 45.6 Å². The lowest BCUT2D eigenvalue weighted by molar-refractivity contribution is -0.148. The molecule has 1 N–H and O–H groups in total. The SMILES string of the molecule is CC(C)[C@]1(O)CC[C@H](C)CC1=O. The monoisotopic (exact) mass is 170 g/mol. The third-order valence-corrected chi connectivity index (χ3v) is 2.99. The van der Waals surface area contributed by atoms with Gasteiger partial charge in [0.05, 0.1) is 0 Å². The van der Waals surface area contributed by atoms with E-state index in [1.807, 2.05) is 13.8 Å². The van der Waals surface area contributed by atoms with Gasteiger partial charge >= 0.3 is 0 Å². The number of carbonyl (C=O) groups is 1. The summed E-state index contributed by atoms with van der Waals surface area (Å²) in [6, 6.07) is 0. The molecular weight excluding hydrogens is 152 g/mol. The van der Waals surface area contributed by atoms with Crippen LogP contribution in [0.2, 0.25) is 0 Å². The summed E-state index contributed by atoms with van der Waals surface area (Å²) in [6.07, 6.45) is 2.17.